The molecule has 0 saturated carbocycles. The zero-order chi connectivity index (χ0) is 104. The fraction of sp³-hybridized carbons (Fsp3) is 0.462. The van der Waals surface area contributed by atoms with Crippen LogP contribution in [0.1, 0.15) is 116 Å². The minimum absolute atomic E-state index is 0.0491. The van der Waals surface area contributed by atoms with Crippen LogP contribution in [-0.2, 0) is 76.1 Å². The van der Waals surface area contributed by atoms with E-state index in [-0.39, 0.29) is 84.1 Å². The number of piperidine rings is 2. The Bertz CT molecular complexity index is 6270. The number of halogens is 2. The van der Waals surface area contributed by atoms with Gasteiger partial charge >= 0.3 is 5.97 Å². The van der Waals surface area contributed by atoms with Crippen LogP contribution in [-0.4, -0.2) is 372 Å². The van der Waals surface area contributed by atoms with Crippen LogP contribution in [0.5, 0.6) is 0 Å². The van der Waals surface area contributed by atoms with Crippen LogP contribution >= 0.6 is 0 Å². The predicted octanol–water partition coefficient (Wildman–Crippen LogP) is 6.13. The summed E-state index contributed by atoms with van der Waals surface area (Å²) in [6, 6.07) is 41.3. The zero-order valence-corrected chi connectivity index (χ0v) is 83.0. The first-order valence-electron chi connectivity index (χ1n) is 50.6. The molecule has 18 rings (SSSR count). The molecular weight excluding hydrogens is 1930 g/mol. The number of pyridine rings is 2. The second-order valence-corrected chi connectivity index (χ2v) is 36.2. The van der Waals surface area contributed by atoms with Crippen molar-refractivity contribution in [2.24, 2.45) is 5.73 Å². The maximum atomic E-state index is 14.1. The van der Waals surface area contributed by atoms with E-state index < -0.39 is 65.3 Å². The smallest absolute Gasteiger partial charge is 0.317 e. The molecule has 6 aromatic heterocycles. The molecule has 8 N–H and O–H groups in total. The first kappa shape index (κ1) is 108. The number of piperazine rings is 2. The van der Waals surface area contributed by atoms with Crippen molar-refractivity contribution in [1.29, 1.82) is 0 Å². The minimum Gasteiger partial charge on any atom is -0.480 e. The number of hydrogen-bond acceptors (Lipinski definition) is 35. The molecule has 8 aliphatic heterocycles. The van der Waals surface area contributed by atoms with Crippen LogP contribution in [0, 0.1) is 11.6 Å². The number of amides is 9. The number of nitrogens with two attached hydrogens (primary N) is 1. The number of carboxylic acids is 1. The van der Waals surface area contributed by atoms with Crippen LogP contribution in [0.2, 0.25) is 0 Å². The van der Waals surface area contributed by atoms with Gasteiger partial charge in [-0.1, -0.05) is 48.5 Å². The summed E-state index contributed by atoms with van der Waals surface area (Å²) in [7, 11) is 0. The molecule has 8 aliphatic rings. The highest BCUT2D eigenvalue weighted by Crippen LogP contribution is 2.40. The van der Waals surface area contributed by atoms with Crippen LogP contribution < -0.4 is 51.9 Å². The lowest BCUT2D eigenvalue weighted by atomic mass is 10.0. The molecule has 9 amide bonds. The van der Waals surface area contributed by atoms with E-state index >= 15 is 0 Å². The second kappa shape index (κ2) is 54.3. The normalized spacial score (nSPS) is 18.0. The highest BCUT2D eigenvalue weighted by atomic mass is 19.1. The molecule has 14 heterocycles. The standard InChI is InChI=1S/C52H62FN11O10.C27H28FN7O2.C25H36N4O9/c53-37-6-1-5-36(33-37)41-10-4-18-62(41)46-14-13-44-56-34-43(64(44)59-46)39-8-3-11-45(57-39)61-21-19-60(20-22-61)35-48(66)55-17-24-71-26-28-73-30-32-74-31-29-72-27-25-70-23-16-54-40-9-2-7-38-49(40)52(69)63(51(38)68)42-12-15-47(65)58-50(42)67;28-20-5-1-4-19(16-20)22-7-3-11-34(22)26-10-9-24-29-17-23(35(24)31-26)21-6-2-8-25(30-21)33-14-12-32(13-15-33)18-27(36)37;26-6-8-34-10-12-36-14-16-38-17-15-37-13-11-35-9-7-27-19-3-1-2-18-22(19)25(33)29(24(18)32)20-4-5-21(30)28-23(20)31/h1-3,5-9,11,13-14,33-34,41-42,54H,4,10,12,15-32,35H2,(H,55,66)(H,58,65,67);1-2,4-6,8-10,16-17,22H,3,7,11-15,18H2,(H,36,37);1-3,20,27H,4-17,26H2,(H,28,30,31)/t41-,42?;22-;/m11./s1. The van der Waals surface area contributed by atoms with Crippen molar-refractivity contribution in [2.75, 3.05) is 267 Å². The molecular formula is C104H126F2N22O21. The Morgan fingerprint density at radius 1 is 0.396 bits per heavy atom. The van der Waals surface area contributed by atoms with Crippen molar-refractivity contribution in [3.05, 3.63) is 203 Å². The number of hydrogen-bond donors (Lipinski definition) is 7. The Balaban J connectivity index is 0.000000176. The molecule has 4 atom stereocenters. The van der Waals surface area contributed by atoms with Gasteiger partial charge in [-0.2, -0.15) is 0 Å². The fourth-order valence-corrected chi connectivity index (χ4v) is 18.9. The highest BCUT2D eigenvalue weighted by molar-refractivity contribution is 6.26. The van der Waals surface area contributed by atoms with Crippen LogP contribution in [0.4, 0.5) is 43.4 Å². The van der Waals surface area contributed by atoms with Crippen molar-refractivity contribution in [1.82, 2.24) is 74.7 Å². The lowest BCUT2D eigenvalue weighted by Gasteiger charge is -2.35. The first-order valence-corrected chi connectivity index (χ1v) is 50.6. The molecule has 792 valence electrons. The molecule has 43 nitrogen and oxygen atoms in total. The monoisotopic (exact) mass is 2060 g/mol. The molecule has 10 aromatic rings. The summed E-state index contributed by atoms with van der Waals surface area (Å²) < 4.78 is 86.6. The third kappa shape index (κ3) is 28.8. The topological polar surface area (TPSA) is 481 Å². The number of imide groups is 4. The van der Waals surface area contributed by atoms with Crippen molar-refractivity contribution in [3.63, 3.8) is 0 Å². The van der Waals surface area contributed by atoms with Crippen molar-refractivity contribution in [2.45, 2.75) is 75.5 Å². The number of rotatable bonds is 51. The average molecular weight is 2060 g/mol. The third-order valence-corrected chi connectivity index (χ3v) is 26.2. The summed E-state index contributed by atoms with van der Waals surface area (Å²) in [4.78, 5) is 157. The number of fused-ring (bicyclic) bond motifs is 4. The molecule has 6 saturated heterocycles. The van der Waals surface area contributed by atoms with E-state index in [2.05, 4.69) is 61.1 Å². The van der Waals surface area contributed by atoms with Gasteiger partial charge in [-0.05, 0) is 147 Å². The van der Waals surface area contributed by atoms with Gasteiger partial charge in [-0.3, -0.25) is 78.2 Å². The van der Waals surface area contributed by atoms with Gasteiger partial charge in [0, 0.05) is 116 Å². The summed E-state index contributed by atoms with van der Waals surface area (Å²) in [5, 5.41) is 32.6. The van der Waals surface area contributed by atoms with Crippen molar-refractivity contribution < 1.29 is 109 Å². The number of carbonyl (C=O) groups excluding carboxylic acids is 9. The van der Waals surface area contributed by atoms with Gasteiger partial charge in [0.25, 0.3) is 23.6 Å². The lowest BCUT2D eigenvalue weighted by molar-refractivity contribution is -0.139. The number of carbonyl (C=O) groups is 10. The Morgan fingerprint density at radius 2 is 0.772 bits per heavy atom. The number of nitrogens with zero attached hydrogens (tertiary/aromatic N) is 16. The molecule has 149 heavy (non-hydrogen) atoms. The number of anilines is 6. The Kier molecular flexibility index (Phi) is 39.3. The summed E-state index contributed by atoms with van der Waals surface area (Å²) in [5.74, 6) is -2.32. The highest BCUT2D eigenvalue weighted by Gasteiger charge is 2.48. The van der Waals surface area contributed by atoms with Gasteiger partial charge < -0.3 is 93.8 Å². The van der Waals surface area contributed by atoms with Gasteiger partial charge in [0.2, 0.25) is 29.5 Å². The molecule has 0 aliphatic carbocycles. The maximum absolute atomic E-state index is 14.1. The van der Waals surface area contributed by atoms with E-state index in [9.17, 15) is 56.7 Å². The Hall–Kier alpha value is -13.9. The average Bonchev–Trinajstić information content (AvgIpc) is 1.59. The van der Waals surface area contributed by atoms with E-state index in [1.54, 1.807) is 73.1 Å². The van der Waals surface area contributed by atoms with Gasteiger partial charge in [-0.15, -0.1) is 10.2 Å². The Labute approximate surface area is 858 Å². The minimum atomic E-state index is -1.02. The van der Waals surface area contributed by atoms with Crippen molar-refractivity contribution in [3.8, 4) is 22.8 Å². The molecule has 0 radical (unpaired) electrons. The van der Waals surface area contributed by atoms with Gasteiger partial charge in [0.1, 0.15) is 58.4 Å². The van der Waals surface area contributed by atoms with E-state index in [4.69, 9.17) is 78.4 Å². The second-order valence-electron chi connectivity index (χ2n) is 36.2. The van der Waals surface area contributed by atoms with Crippen LogP contribution in [0.15, 0.2) is 158 Å². The van der Waals surface area contributed by atoms with E-state index in [0.29, 0.717) is 189 Å². The van der Waals surface area contributed by atoms with E-state index in [0.717, 1.165) is 156 Å². The Morgan fingerprint density at radius 3 is 1.16 bits per heavy atom. The SMILES string of the molecule is NCCOCCOCCOCCOCCOCCNc1cccc2c1C(=O)N(C1CCC(=O)NC1=O)C2=O.O=C(CN1CCN(c2cccc(-c3cnc4ccc(N5CCC[C@@H]5c5cccc(F)c5)nn34)n2)CC1)NCCOCCOCCOCCOCCOCCNc1cccc2c1C(=O)N(C1CCC(=O)NC1=O)C2=O.O=C(O)CN1CCN(c2cccc(-c3cnc4ccc(N5CCC[C@@H]5c5cccc(F)c5)nn34)n2)CC1. The predicted molar refractivity (Wildman–Crippen MR) is 542 cm³/mol. The molecule has 0 spiro atoms. The molecule has 0 bridgehead atoms. The molecule has 6 fully saturated rings. The van der Waals surface area contributed by atoms with Gasteiger partial charge in [0.05, 0.1) is 203 Å². The number of ether oxygens (including phenoxy) is 10. The molecule has 45 heteroatoms. The van der Waals surface area contributed by atoms with Crippen LogP contribution in [0.3, 0.4) is 0 Å². The van der Waals surface area contributed by atoms with E-state index in [1.165, 1.54) is 12.1 Å². The molecule has 2 unspecified atom stereocenters. The van der Waals surface area contributed by atoms with Crippen molar-refractivity contribution >= 4 is 105 Å². The number of benzene rings is 4. The summed E-state index contributed by atoms with van der Waals surface area (Å²) >= 11 is 0. The molecule has 4 aromatic carbocycles. The van der Waals surface area contributed by atoms with Gasteiger partial charge in [0.15, 0.2) is 11.3 Å². The number of imidazole rings is 2. The number of carboxylic acid groups (broad SMARTS) is 1. The van der Waals surface area contributed by atoms with E-state index in [1.807, 2.05) is 86.7 Å². The summed E-state index contributed by atoms with van der Waals surface area (Å²) in [6.45, 7) is 17.8. The summed E-state index contributed by atoms with van der Waals surface area (Å²) in [6.07, 6.45) is 7.81. The fourth-order valence-electron chi connectivity index (χ4n) is 18.9. The quantitative estimate of drug-likeness (QED) is 0.0166. The summed E-state index contributed by atoms with van der Waals surface area (Å²) in [5.41, 5.74) is 13.6. The number of aliphatic carboxylic acids is 1. The third-order valence-electron chi connectivity index (χ3n) is 26.2. The lowest BCUT2D eigenvalue weighted by Crippen LogP contribution is -2.54. The largest absolute Gasteiger partial charge is 0.480 e. The van der Waals surface area contributed by atoms with Crippen LogP contribution in [0.25, 0.3) is 34.1 Å². The number of aromatic nitrogens is 8. The maximum Gasteiger partial charge on any atom is 0.317 e. The number of nitrogens with one attached hydrogen (secondary N) is 5. The first-order chi connectivity index (χ1) is 72.8. The zero-order valence-electron chi connectivity index (χ0n) is 83.0. The van der Waals surface area contributed by atoms with Gasteiger partial charge in [-0.25, -0.2) is 37.7 Å².